The Bertz CT molecular complexity index is 1610. The van der Waals surface area contributed by atoms with Crippen LogP contribution >= 0.6 is 0 Å². The van der Waals surface area contributed by atoms with Gasteiger partial charge in [0, 0.05) is 52.4 Å². The number of carbonyl (C=O) groups is 2. The van der Waals surface area contributed by atoms with Crippen LogP contribution in [0.5, 0.6) is 0 Å². The number of amides is 2. The highest BCUT2D eigenvalue weighted by Crippen LogP contribution is 2.18. The highest BCUT2D eigenvalue weighted by Gasteiger charge is 2.13. The molecule has 46 heavy (non-hydrogen) atoms. The monoisotopic (exact) mass is 616 g/mol. The van der Waals surface area contributed by atoms with E-state index >= 15 is 0 Å². The maximum Gasteiger partial charge on any atom is 0.234 e. The van der Waals surface area contributed by atoms with Crippen molar-refractivity contribution in [2.24, 2.45) is 11.5 Å². The first-order valence-corrected chi connectivity index (χ1v) is 15.9. The summed E-state index contributed by atoms with van der Waals surface area (Å²) in [4.78, 5) is 29.7. The van der Waals surface area contributed by atoms with E-state index in [1.54, 1.807) is 0 Å². The summed E-state index contributed by atoms with van der Waals surface area (Å²) in [6, 6.07) is 37.2. The Morgan fingerprint density at radius 3 is 1.26 bits per heavy atom. The molecule has 238 valence electrons. The zero-order valence-corrected chi connectivity index (χ0v) is 26.3. The predicted octanol–water partition coefficient (Wildman–Crippen LogP) is 4.15. The van der Waals surface area contributed by atoms with E-state index in [1.165, 1.54) is 21.5 Å². The Morgan fingerprint density at radius 1 is 0.500 bits per heavy atom. The lowest BCUT2D eigenvalue weighted by molar-refractivity contribution is -0.123. The minimum Gasteiger partial charge on any atom is -0.351 e. The summed E-state index contributed by atoms with van der Waals surface area (Å²) in [5, 5.41) is 10.8. The van der Waals surface area contributed by atoms with Crippen LogP contribution in [0.2, 0.25) is 0 Å². The molecule has 6 N–H and O–H groups in total. The Kier molecular flexibility index (Phi) is 11.9. The van der Waals surface area contributed by atoms with Gasteiger partial charge in [0.05, 0.1) is 13.1 Å². The van der Waals surface area contributed by atoms with Crippen molar-refractivity contribution < 1.29 is 9.59 Å². The largest absolute Gasteiger partial charge is 0.351 e. The van der Waals surface area contributed by atoms with Gasteiger partial charge in [-0.2, -0.15) is 0 Å². The number of carbonyl (C=O) groups excluding carboxylic acids is 2. The van der Waals surface area contributed by atoms with Crippen molar-refractivity contribution in [3.05, 3.63) is 131 Å². The predicted molar refractivity (Wildman–Crippen MR) is 187 cm³/mol. The molecule has 0 unspecified atom stereocenters. The van der Waals surface area contributed by atoms with Gasteiger partial charge < -0.3 is 22.1 Å². The van der Waals surface area contributed by atoms with Gasteiger partial charge in [0.2, 0.25) is 11.8 Å². The Balaban J connectivity index is 1.06. The quantitative estimate of drug-likeness (QED) is 0.132. The minimum absolute atomic E-state index is 0.0451. The van der Waals surface area contributed by atoms with Crippen LogP contribution in [-0.4, -0.2) is 60.9 Å². The molecule has 5 aromatic carbocycles. The lowest BCUT2D eigenvalue weighted by Gasteiger charge is -2.21. The molecule has 8 nitrogen and oxygen atoms in total. The Labute approximate surface area is 271 Å². The average molecular weight is 617 g/mol. The summed E-state index contributed by atoms with van der Waals surface area (Å²) < 4.78 is 0. The number of nitrogens with one attached hydrogen (secondary N) is 2. The first kappa shape index (κ1) is 32.8. The van der Waals surface area contributed by atoms with Gasteiger partial charge in [-0.15, -0.1) is 0 Å². The minimum atomic E-state index is -0.0451. The summed E-state index contributed by atoms with van der Waals surface area (Å²) in [7, 11) is 0. The molecule has 0 aliphatic heterocycles. The number of rotatable bonds is 16. The van der Waals surface area contributed by atoms with Gasteiger partial charge in [-0.1, -0.05) is 97.1 Å². The average Bonchev–Trinajstić information content (AvgIpc) is 3.07. The second-order valence-corrected chi connectivity index (χ2v) is 11.7. The van der Waals surface area contributed by atoms with Crippen LogP contribution in [0.4, 0.5) is 0 Å². The highest BCUT2D eigenvalue weighted by molar-refractivity contribution is 5.84. The van der Waals surface area contributed by atoms with Crippen molar-refractivity contribution in [2.75, 3.05) is 39.3 Å². The summed E-state index contributed by atoms with van der Waals surface area (Å²) >= 11 is 0. The van der Waals surface area contributed by atoms with Gasteiger partial charge in [-0.25, -0.2) is 0 Å². The zero-order valence-electron chi connectivity index (χ0n) is 26.3. The maximum atomic E-state index is 12.8. The fraction of sp³-hybridized carbons (Fsp3) is 0.263. The van der Waals surface area contributed by atoms with Crippen LogP contribution in [0.25, 0.3) is 21.5 Å². The molecule has 0 spiro atoms. The number of nitrogens with zero attached hydrogens (tertiary/aromatic N) is 2. The smallest absolute Gasteiger partial charge is 0.234 e. The second-order valence-electron chi connectivity index (χ2n) is 11.7. The third-order valence-corrected chi connectivity index (χ3v) is 8.07. The molecule has 0 aliphatic rings. The molecular formula is C38H44N6O2. The van der Waals surface area contributed by atoms with E-state index in [2.05, 4.69) is 81.1 Å². The van der Waals surface area contributed by atoms with Crippen LogP contribution in [0.1, 0.15) is 22.3 Å². The number of fused-ring (bicyclic) bond motifs is 2. The first-order chi connectivity index (χ1) is 22.5. The van der Waals surface area contributed by atoms with Crippen molar-refractivity contribution >= 4 is 33.4 Å². The molecule has 8 heteroatoms. The van der Waals surface area contributed by atoms with Gasteiger partial charge >= 0.3 is 0 Å². The van der Waals surface area contributed by atoms with Crippen molar-refractivity contribution in [2.45, 2.75) is 26.2 Å². The van der Waals surface area contributed by atoms with Crippen LogP contribution in [0.3, 0.4) is 0 Å². The van der Waals surface area contributed by atoms with E-state index in [-0.39, 0.29) is 24.9 Å². The van der Waals surface area contributed by atoms with Gasteiger partial charge in [-0.3, -0.25) is 19.4 Å². The van der Waals surface area contributed by atoms with E-state index in [0.29, 0.717) is 52.4 Å². The van der Waals surface area contributed by atoms with E-state index in [0.717, 1.165) is 22.3 Å². The summed E-state index contributed by atoms with van der Waals surface area (Å²) in [6.07, 6.45) is 0. The topological polar surface area (TPSA) is 117 Å². The summed E-state index contributed by atoms with van der Waals surface area (Å²) in [5.74, 6) is -0.0902. The highest BCUT2D eigenvalue weighted by atomic mass is 16.2. The van der Waals surface area contributed by atoms with Crippen LogP contribution in [0.15, 0.2) is 109 Å². The molecule has 0 heterocycles. The van der Waals surface area contributed by atoms with Gasteiger partial charge in [0.1, 0.15) is 0 Å². The molecule has 0 fully saturated rings. The third kappa shape index (κ3) is 9.70. The Morgan fingerprint density at radius 2 is 0.870 bits per heavy atom. The molecule has 0 bridgehead atoms. The number of benzene rings is 5. The lowest BCUT2D eigenvalue weighted by atomic mass is 10.1. The van der Waals surface area contributed by atoms with Crippen molar-refractivity contribution in [3.8, 4) is 0 Å². The number of hydrogen-bond acceptors (Lipinski definition) is 6. The molecule has 0 radical (unpaired) electrons. The van der Waals surface area contributed by atoms with E-state index in [1.807, 2.05) is 48.5 Å². The fourth-order valence-electron chi connectivity index (χ4n) is 5.68. The molecule has 2 amide bonds. The van der Waals surface area contributed by atoms with Crippen LogP contribution in [-0.2, 0) is 35.8 Å². The fourth-order valence-corrected chi connectivity index (χ4v) is 5.68. The van der Waals surface area contributed by atoms with Crippen molar-refractivity contribution in [1.82, 2.24) is 20.4 Å². The third-order valence-electron chi connectivity index (χ3n) is 8.07. The molecule has 0 saturated carbocycles. The first-order valence-electron chi connectivity index (χ1n) is 15.9. The molecule has 5 aromatic rings. The van der Waals surface area contributed by atoms with Crippen molar-refractivity contribution in [3.63, 3.8) is 0 Å². The standard InChI is InChI=1S/C38H44N6O2/c39-17-19-43(25-31-13-15-33-5-1-3-7-35(33)21-31)27-37(45)41-23-29-9-11-30(12-10-29)24-42-38(46)28-44(20-18-40)26-32-14-16-34-6-2-4-8-36(34)22-32/h1-16,21-22H,17-20,23-28,39-40H2,(H,41,45)(H,42,46). The number of nitrogens with two attached hydrogens (primary N) is 2. The van der Waals surface area contributed by atoms with E-state index in [4.69, 9.17) is 11.5 Å². The van der Waals surface area contributed by atoms with Gasteiger partial charge in [-0.05, 0) is 55.9 Å². The van der Waals surface area contributed by atoms with Crippen molar-refractivity contribution in [1.29, 1.82) is 0 Å². The SMILES string of the molecule is NCCN(CC(=O)NCc1ccc(CNC(=O)CN(CCN)Cc2ccc3ccccc3c2)cc1)Cc1ccc2ccccc2c1. The molecule has 0 aromatic heterocycles. The maximum absolute atomic E-state index is 12.8. The van der Waals surface area contributed by atoms with Gasteiger partial charge in [0.25, 0.3) is 0 Å². The van der Waals surface area contributed by atoms with Crippen LogP contribution in [0, 0.1) is 0 Å². The molecular weight excluding hydrogens is 572 g/mol. The number of hydrogen-bond donors (Lipinski definition) is 4. The normalized spacial score (nSPS) is 11.4. The van der Waals surface area contributed by atoms with Gasteiger partial charge in [0.15, 0.2) is 0 Å². The Hall–Kier alpha value is -4.60. The molecule has 0 aliphatic carbocycles. The molecule has 5 rings (SSSR count). The van der Waals surface area contributed by atoms with E-state index < -0.39 is 0 Å². The molecule has 0 atom stereocenters. The molecule has 0 saturated heterocycles. The van der Waals surface area contributed by atoms with Crippen LogP contribution < -0.4 is 22.1 Å². The zero-order chi connectivity index (χ0) is 32.1. The summed E-state index contributed by atoms with van der Waals surface area (Å²) in [5.41, 5.74) is 16.0. The van der Waals surface area contributed by atoms with E-state index in [9.17, 15) is 9.59 Å². The lowest BCUT2D eigenvalue weighted by Crippen LogP contribution is -2.39. The summed E-state index contributed by atoms with van der Waals surface area (Å²) in [6.45, 7) is 4.95. The second kappa shape index (κ2) is 16.6.